The average molecular weight is 1680 g/mol. The minimum atomic E-state index is -0.695. The van der Waals surface area contributed by atoms with Gasteiger partial charge in [0.1, 0.15) is 18.3 Å². The van der Waals surface area contributed by atoms with Gasteiger partial charge in [0.15, 0.2) is 0 Å². The van der Waals surface area contributed by atoms with Crippen molar-refractivity contribution < 1.29 is 130 Å². The maximum Gasteiger partial charge on any atom is 0.308 e. The number of rotatable bonds is 78. The van der Waals surface area contributed by atoms with Crippen LogP contribution in [0.3, 0.4) is 0 Å². The van der Waals surface area contributed by atoms with Gasteiger partial charge in [-0.3, -0.25) is 57.5 Å². The highest BCUT2D eigenvalue weighted by molar-refractivity contribution is 5.75. The zero-order chi connectivity index (χ0) is 87.4. The number of carbonyl (C=O) groups is 12. The molecule has 0 heterocycles. The van der Waals surface area contributed by atoms with Crippen molar-refractivity contribution in [1.29, 1.82) is 0 Å². The second kappa shape index (κ2) is 85.9. The molecule has 0 fully saturated rings. The molecule has 0 aliphatic carbocycles. The molecule has 0 saturated carbocycles. The second-order valence-corrected chi connectivity index (χ2v) is 30.1. The highest BCUT2D eigenvalue weighted by Crippen LogP contribution is 2.23. The Balaban J connectivity index is -0.00000169. The molecule has 0 aliphatic rings. The Morgan fingerprint density at radius 2 is 0.376 bits per heavy atom. The van der Waals surface area contributed by atoms with Crippen LogP contribution in [0, 0.1) is 0 Å². The Kier molecular flexibility index (Phi) is 84.2. The zero-order valence-corrected chi connectivity index (χ0v) is 74.2. The Morgan fingerprint density at radius 1 is 0.188 bits per heavy atom. The summed E-state index contributed by atoms with van der Waals surface area (Å²) in [5, 5.41) is 31.7. The van der Waals surface area contributed by atoms with Gasteiger partial charge in [0.05, 0.1) is 38.1 Å². The van der Waals surface area contributed by atoms with E-state index in [2.05, 4.69) is 20.8 Å². The first-order valence-corrected chi connectivity index (χ1v) is 45.5. The monoisotopic (exact) mass is 1680 g/mol. The second-order valence-electron chi connectivity index (χ2n) is 30.1. The molecule has 3 N–H and O–H groups in total. The molecule has 27 nitrogen and oxygen atoms in total. The van der Waals surface area contributed by atoms with Gasteiger partial charge in [-0.1, -0.05) is 236 Å². The third-order valence-electron chi connectivity index (χ3n) is 19.2. The first-order chi connectivity index (χ1) is 56.5. The Bertz CT molecular complexity index is 2470. The largest absolute Gasteiger partial charge is 0.466 e. The first kappa shape index (κ1) is 115. The molecule has 0 aromatic heterocycles. The number of ether oxygens (including phenoxy) is 12. The molecule has 0 spiro atoms. The molecule has 6 atom stereocenters. The van der Waals surface area contributed by atoms with Gasteiger partial charge in [-0.05, 0) is 116 Å². The van der Waals surface area contributed by atoms with Gasteiger partial charge >= 0.3 is 71.6 Å². The lowest BCUT2D eigenvalue weighted by molar-refractivity contribution is -0.169. The van der Waals surface area contributed by atoms with E-state index < -0.39 is 62.0 Å². The smallest absolute Gasteiger partial charge is 0.308 e. The van der Waals surface area contributed by atoms with Crippen LogP contribution in [0.5, 0.6) is 0 Å². The van der Waals surface area contributed by atoms with Crippen molar-refractivity contribution in [3.63, 3.8) is 0 Å². The minimum absolute atomic E-state index is 0.0648. The summed E-state index contributed by atoms with van der Waals surface area (Å²) >= 11 is 0. The lowest BCUT2D eigenvalue weighted by Gasteiger charge is -2.23. The highest BCUT2D eigenvalue weighted by Gasteiger charge is 2.26. The van der Waals surface area contributed by atoms with E-state index in [9.17, 15) is 72.9 Å². The fraction of sp³-hybridized carbons (Fsp3) is 0.867. The lowest BCUT2D eigenvalue weighted by Crippen LogP contribution is -2.31. The molecular weight excluding hydrogens is 1510 g/mol. The molecule has 684 valence electrons. The number of aliphatic hydroxyl groups is 3. The van der Waals surface area contributed by atoms with Crippen LogP contribution in [0.2, 0.25) is 0 Å². The van der Waals surface area contributed by atoms with Gasteiger partial charge in [-0.25, -0.2) is 0 Å². The molecular formula is C90H162O27. The molecule has 0 aliphatic heterocycles. The van der Waals surface area contributed by atoms with Gasteiger partial charge < -0.3 is 72.2 Å². The standard InChI is InChI=1S/C35H62O11.C30H54O9.C25H46O7/c1-4-7-14-20-30(46-35(41)25-18-23-32(38)43-27-6-3)29(36)19-15-12-10-8-9-11-13-16-21-33(39)44-28-45-34(40)24-17-22-31(37)42-26-5-2;1-4-7-14-19-26(39-27(32)6-3)25(31)18-15-12-10-8-9-11-13-16-20-29(34)37-24-38-30(35)22-17-21-28(33)36-23-5-2;1-4-7-14-18-22(32-24(28)6-3)21(26)17-15-12-10-8-9-11-13-16-19-25(29)31-20-30-23(27)5-2/h29-30,36H,4-28H2,1-3H3;25-26,31H,4-24H2,1-3H3;21-22,26H,4-20H2,1-3H3. The Morgan fingerprint density at radius 3 is 0.607 bits per heavy atom. The predicted octanol–water partition coefficient (Wildman–Crippen LogP) is 19.0. The third kappa shape index (κ3) is 80.4. The SMILES string of the molecule is CCCCCC(OC(=O)CC)C(O)CCCCCCCCCCC(=O)OCOC(=O)CC.CCCCCC(OC(=O)CC)C(O)CCCCCCCCCCC(=O)OCOC(=O)CCCC(=O)OCCC.CCCCCC(OC(=O)CCCC(=O)OCCC)C(O)CCCCCCCCCCC(=O)OCOC(=O)CCCC(=O)OCCC. The van der Waals surface area contributed by atoms with Crippen LogP contribution in [-0.2, 0) is 114 Å². The Hall–Kier alpha value is -6.48. The molecule has 0 bridgehead atoms. The van der Waals surface area contributed by atoms with Crippen LogP contribution in [0.4, 0.5) is 0 Å². The number of unbranched alkanes of at least 4 members (excludes halogenated alkanes) is 27. The summed E-state index contributed by atoms with van der Waals surface area (Å²) in [6.45, 7) is 17.4. The fourth-order valence-electron chi connectivity index (χ4n) is 12.1. The van der Waals surface area contributed by atoms with Crippen molar-refractivity contribution in [2.75, 3.05) is 40.2 Å². The molecule has 117 heavy (non-hydrogen) atoms. The first-order valence-electron chi connectivity index (χ1n) is 45.5. The van der Waals surface area contributed by atoms with Crippen LogP contribution < -0.4 is 0 Å². The van der Waals surface area contributed by atoms with Gasteiger partial charge in [0.2, 0.25) is 20.4 Å². The van der Waals surface area contributed by atoms with Crippen LogP contribution in [0.25, 0.3) is 0 Å². The lowest BCUT2D eigenvalue weighted by atomic mass is 9.99. The summed E-state index contributed by atoms with van der Waals surface area (Å²) in [7, 11) is 0. The topological polar surface area (TPSA) is 376 Å². The number of hydrogen-bond donors (Lipinski definition) is 3. The summed E-state index contributed by atoms with van der Waals surface area (Å²) in [6.07, 6.45) is 39.8. The van der Waals surface area contributed by atoms with Crippen molar-refractivity contribution in [1.82, 2.24) is 0 Å². The van der Waals surface area contributed by atoms with Crippen LogP contribution in [0.1, 0.15) is 428 Å². The quantitative estimate of drug-likeness (QED) is 0.0220. The van der Waals surface area contributed by atoms with Crippen molar-refractivity contribution in [3.8, 4) is 0 Å². The summed E-state index contributed by atoms with van der Waals surface area (Å²) in [6, 6.07) is 0. The molecule has 0 aromatic carbocycles. The maximum absolute atomic E-state index is 12.3. The zero-order valence-electron chi connectivity index (χ0n) is 74.2. The minimum Gasteiger partial charge on any atom is -0.466 e. The van der Waals surface area contributed by atoms with Crippen molar-refractivity contribution in [2.24, 2.45) is 0 Å². The van der Waals surface area contributed by atoms with E-state index in [-0.39, 0.29) is 118 Å². The molecule has 0 aromatic rings. The number of hydrogen-bond acceptors (Lipinski definition) is 27. The fourth-order valence-corrected chi connectivity index (χ4v) is 12.1. The predicted molar refractivity (Wildman–Crippen MR) is 446 cm³/mol. The normalized spacial score (nSPS) is 12.4. The summed E-state index contributed by atoms with van der Waals surface area (Å²) in [5.74, 6) is -4.35. The molecule has 0 saturated heterocycles. The van der Waals surface area contributed by atoms with Crippen LogP contribution in [-0.4, -0.2) is 164 Å². The number of aliphatic hydroxyl groups excluding tert-OH is 3. The van der Waals surface area contributed by atoms with E-state index in [4.69, 9.17) is 56.8 Å². The van der Waals surface area contributed by atoms with Crippen molar-refractivity contribution in [3.05, 3.63) is 0 Å². The van der Waals surface area contributed by atoms with E-state index in [1.165, 1.54) is 0 Å². The molecule has 0 amide bonds. The molecule has 27 heteroatoms. The number of carbonyl (C=O) groups excluding carboxylic acids is 12. The summed E-state index contributed by atoms with van der Waals surface area (Å²) < 4.78 is 60.6. The summed E-state index contributed by atoms with van der Waals surface area (Å²) in [5.41, 5.74) is 0. The van der Waals surface area contributed by atoms with E-state index in [0.29, 0.717) is 96.9 Å². The summed E-state index contributed by atoms with van der Waals surface area (Å²) in [4.78, 5) is 139. The van der Waals surface area contributed by atoms with Gasteiger partial charge in [-0.15, -0.1) is 0 Å². The highest BCUT2D eigenvalue weighted by atomic mass is 16.7. The van der Waals surface area contributed by atoms with Crippen LogP contribution in [0.15, 0.2) is 0 Å². The average Bonchev–Trinajstić information content (AvgIpc) is 0.931. The van der Waals surface area contributed by atoms with Crippen molar-refractivity contribution in [2.45, 2.75) is 465 Å². The maximum atomic E-state index is 12.3. The molecule has 0 radical (unpaired) electrons. The van der Waals surface area contributed by atoms with E-state index in [0.717, 1.165) is 238 Å². The third-order valence-corrected chi connectivity index (χ3v) is 19.2. The van der Waals surface area contributed by atoms with E-state index in [1.807, 2.05) is 20.8 Å². The van der Waals surface area contributed by atoms with Crippen LogP contribution >= 0.6 is 0 Å². The van der Waals surface area contributed by atoms with Gasteiger partial charge in [-0.2, -0.15) is 0 Å². The molecule has 0 rings (SSSR count). The van der Waals surface area contributed by atoms with Gasteiger partial charge in [0.25, 0.3) is 0 Å². The van der Waals surface area contributed by atoms with Gasteiger partial charge in [0, 0.05) is 77.0 Å². The molecule has 6 unspecified atom stereocenters. The van der Waals surface area contributed by atoms with E-state index in [1.54, 1.807) is 20.8 Å². The van der Waals surface area contributed by atoms with Crippen molar-refractivity contribution >= 4 is 71.6 Å². The Labute approximate surface area is 703 Å². The van der Waals surface area contributed by atoms with E-state index >= 15 is 0 Å². The number of esters is 12.